The summed E-state index contributed by atoms with van der Waals surface area (Å²) in [4.78, 5) is 12.0. The predicted octanol–water partition coefficient (Wildman–Crippen LogP) is 3.09. The van der Waals surface area contributed by atoms with Crippen LogP contribution in [-0.2, 0) is 11.3 Å². The summed E-state index contributed by atoms with van der Waals surface area (Å²) in [6, 6.07) is 16.9. The lowest BCUT2D eigenvalue weighted by Gasteiger charge is -2.12. The zero-order chi connectivity index (χ0) is 19.1. The van der Waals surface area contributed by atoms with Crippen LogP contribution in [0.2, 0.25) is 0 Å². The van der Waals surface area contributed by atoms with Crippen molar-refractivity contribution in [1.29, 1.82) is 0 Å². The normalized spacial score (nSPS) is 19.5. The van der Waals surface area contributed by atoms with Crippen molar-refractivity contribution in [1.82, 2.24) is 10.6 Å². The van der Waals surface area contributed by atoms with E-state index in [-0.39, 0.29) is 11.7 Å². The van der Waals surface area contributed by atoms with Crippen molar-refractivity contribution in [3.8, 4) is 0 Å². The standard InChI is InChI=1S/C22H28FN3O/c23-18-10-6-7-16(13-18)15-26-22(27)20(24)11-4-5-12-25-21-14-19(21)17-8-2-1-3-9-17/h1-3,6-10,13,19-21,25H,4-5,11-12,14-15,24H2,(H,26,27)/t19-,20?,21+/m0/s1. The average Bonchev–Trinajstić information content (AvgIpc) is 3.46. The highest BCUT2D eigenvalue weighted by atomic mass is 19.1. The van der Waals surface area contributed by atoms with Gasteiger partial charge in [0.05, 0.1) is 6.04 Å². The van der Waals surface area contributed by atoms with E-state index < -0.39 is 6.04 Å². The summed E-state index contributed by atoms with van der Waals surface area (Å²) in [5, 5.41) is 6.36. The molecule has 3 atom stereocenters. The highest BCUT2D eigenvalue weighted by Crippen LogP contribution is 2.40. The molecular weight excluding hydrogens is 341 g/mol. The van der Waals surface area contributed by atoms with Crippen molar-refractivity contribution in [2.75, 3.05) is 6.54 Å². The molecule has 0 aromatic heterocycles. The van der Waals surface area contributed by atoms with Crippen molar-refractivity contribution in [2.45, 2.75) is 50.2 Å². The molecule has 1 aliphatic rings. The van der Waals surface area contributed by atoms with E-state index in [4.69, 9.17) is 5.73 Å². The van der Waals surface area contributed by atoms with Crippen molar-refractivity contribution in [3.05, 3.63) is 71.5 Å². The van der Waals surface area contributed by atoms with E-state index in [9.17, 15) is 9.18 Å². The Labute approximate surface area is 160 Å². The Morgan fingerprint density at radius 1 is 1.15 bits per heavy atom. The van der Waals surface area contributed by atoms with Crippen molar-refractivity contribution < 1.29 is 9.18 Å². The van der Waals surface area contributed by atoms with Gasteiger partial charge in [0.2, 0.25) is 5.91 Å². The molecule has 5 heteroatoms. The topological polar surface area (TPSA) is 67.1 Å². The number of benzene rings is 2. The molecule has 4 N–H and O–H groups in total. The number of halogens is 1. The first-order chi connectivity index (χ1) is 13.1. The van der Waals surface area contributed by atoms with E-state index in [1.165, 1.54) is 24.1 Å². The summed E-state index contributed by atoms with van der Waals surface area (Å²) in [5.41, 5.74) is 8.10. The lowest BCUT2D eigenvalue weighted by Crippen LogP contribution is -2.40. The third kappa shape index (κ3) is 6.15. The van der Waals surface area contributed by atoms with Crippen LogP contribution in [0, 0.1) is 5.82 Å². The Morgan fingerprint density at radius 2 is 1.96 bits per heavy atom. The lowest BCUT2D eigenvalue weighted by molar-refractivity contribution is -0.122. The number of carbonyl (C=O) groups excluding carboxylic acids is 1. The van der Waals surface area contributed by atoms with Crippen LogP contribution in [0.15, 0.2) is 54.6 Å². The molecule has 0 heterocycles. The molecule has 1 saturated carbocycles. The van der Waals surface area contributed by atoms with Gasteiger partial charge in [0.15, 0.2) is 0 Å². The monoisotopic (exact) mass is 369 g/mol. The lowest BCUT2D eigenvalue weighted by atomic mass is 10.1. The first-order valence-corrected chi connectivity index (χ1v) is 9.69. The molecule has 3 rings (SSSR count). The molecule has 1 aliphatic carbocycles. The Hall–Kier alpha value is -2.24. The van der Waals surface area contributed by atoms with E-state index in [2.05, 4.69) is 34.9 Å². The van der Waals surface area contributed by atoms with Gasteiger partial charge in [-0.15, -0.1) is 0 Å². The highest BCUT2D eigenvalue weighted by molar-refractivity contribution is 5.81. The van der Waals surface area contributed by atoms with Crippen LogP contribution in [0.5, 0.6) is 0 Å². The highest BCUT2D eigenvalue weighted by Gasteiger charge is 2.37. The van der Waals surface area contributed by atoms with Crippen LogP contribution >= 0.6 is 0 Å². The zero-order valence-corrected chi connectivity index (χ0v) is 15.5. The Kier molecular flexibility index (Phi) is 6.96. The molecule has 0 radical (unpaired) electrons. The molecule has 0 aliphatic heterocycles. The number of amides is 1. The third-order valence-electron chi connectivity index (χ3n) is 5.06. The molecule has 4 nitrogen and oxygen atoms in total. The second kappa shape index (κ2) is 9.62. The van der Waals surface area contributed by atoms with Crippen LogP contribution in [0.25, 0.3) is 0 Å². The minimum absolute atomic E-state index is 0.182. The van der Waals surface area contributed by atoms with Gasteiger partial charge in [-0.3, -0.25) is 4.79 Å². The van der Waals surface area contributed by atoms with Gasteiger partial charge in [-0.1, -0.05) is 48.9 Å². The maximum absolute atomic E-state index is 13.1. The van der Waals surface area contributed by atoms with E-state index in [1.54, 1.807) is 12.1 Å². The predicted molar refractivity (Wildman–Crippen MR) is 106 cm³/mol. The van der Waals surface area contributed by atoms with Gasteiger partial charge in [0.1, 0.15) is 5.82 Å². The smallest absolute Gasteiger partial charge is 0.237 e. The quantitative estimate of drug-likeness (QED) is 0.564. The second-order valence-electron chi connectivity index (χ2n) is 7.26. The zero-order valence-electron chi connectivity index (χ0n) is 15.5. The van der Waals surface area contributed by atoms with Gasteiger partial charge in [-0.05, 0) is 49.1 Å². The van der Waals surface area contributed by atoms with Crippen LogP contribution in [-0.4, -0.2) is 24.5 Å². The molecule has 2 aromatic rings. The van der Waals surface area contributed by atoms with Gasteiger partial charge >= 0.3 is 0 Å². The fraction of sp³-hybridized carbons (Fsp3) is 0.409. The van der Waals surface area contributed by atoms with Gasteiger partial charge in [-0.25, -0.2) is 4.39 Å². The van der Waals surface area contributed by atoms with Crippen molar-refractivity contribution in [2.24, 2.45) is 5.73 Å². The van der Waals surface area contributed by atoms with Crippen LogP contribution in [0.1, 0.15) is 42.7 Å². The van der Waals surface area contributed by atoms with Crippen LogP contribution < -0.4 is 16.4 Å². The summed E-state index contributed by atoms with van der Waals surface area (Å²) < 4.78 is 13.1. The van der Waals surface area contributed by atoms with Gasteiger partial charge in [-0.2, -0.15) is 0 Å². The minimum Gasteiger partial charge on any atom is -0.351 e. The minimum atomic E-state index is -0.517. The molecule has 27 heavy (non-hydrogen) atoms. The number of unbranched alkanes of at least 4 members (excludes halogenated alkanes) is 1. The van der Waals surface area contributed by atoms with E-state index in [0.29, 0.717) is 24.9 Å². The number of nitrogens with two attached hydrogens (primary N) is 1. The number of hydrogen-bond donors (Lipinski definition) is 3. The summed E-state index contributed by atoms with van der Waals surface area (Å²) >= 11 is 0. The molecule has 0 saturated heterocycles. The van der Waals surface area contributed by atoms with Crippen molar-refractivity contribution >= 4 is 5.91 Å². The summed E-state index contributed by atoms with van der Waals surface area (Å²) in [6.45, 7) is 1.25. The first-order valence-electron chi connectivity index (χ1n) is 9.69. The Balaban J connectivity index is 1.25. The summed E-state index contributed by atoms with van der Waals surface area (Å²) in [5.74, 6) is 0.157. The maximum atomic E-state index is 13.1. The number of hydrogen-bond acceptors (Lipinski definition) is 3. The number of carbonyl (C=O) groups is 1. The van der Waals surface area contributed by atoms with Crippen LogP contribution in [0.4, 0.5) is 4.39 Å². The fourth-order valence-electron chi connectivity index (χ4n) is 3.36. The van der Waals surface area contributed by atoms with Gasteiger partial charge in [0.25, 0.3) is 0 Å². The summed E-state index contributed by atoms with van der Waals surface area (Å²) in [7, 11) is 0. The molecule has 0 bridgehead atoms. The molecule has 2 aromatic carbocycles. The van der Waals surface area contributed by atoms with Gasteiger partial charge < -0.3 is 16.4 Å². The number of rotatable bonds is 10. The van der Waals surface area contributed by atoms with Crippen molar-refractivity contribution in [3.63, 3.8) is 0 Å². The second-order valence-corrected chi connectivity index (χ2v) is 7.26. The molecule has 1 unspecified atom stereocenters. The Bertz CT molecular complexity index is 737. The fourth-order valence-corrected chi connectivity index (χ4v) is 3.36. The average molecular weight is 369 g/mol. The van der Waals surface area contributed by atoms with E-state index >= 15 is 0 Å². The largest absolute Gasteiger partial charge is 0.351 e. The molecular formula is C22H28FN3O. The molecule has 144 valence electrons. The third-order valence-corrected chi connectivity index (χ3v) is 5.06. The Morgan fingerprint density at radius 3 is 2.74 bits per heavy atom. The number of nitrogens with one attached hydrogen (secondary N) is 2. The maximum Gasteiger partial charge on any atom is 0.237 e. The molecule has 1 fully saturated rings. The van der Waals surface area contributed by atoms with Gasteiger partial charge in [0, 0.05) is 18.5 Å². The molecule has 1 amide bonds. The SMILES string of the molecule is NC(CCCCN[C@@H]1C[C@H]1c1ccccc1)C(=O)NCc1cccc(F)c1. The molecule has 0 spiro atoms. The van der Waals surface area contributed by atoms with E-state index in [1.807, 2.05) is 6.07 Å². The summed E-state index contributed by atoms with van der Waals surface area (Å²) in [6.07, 6.45) is 3.77. The first kappa shape index (κ1) is 19.5. The van der Waals surface area contributed by atoms with Crippen LogP contribution in [0.3, 0.4) is 0 Å². The van der Waals surface area contributed by atoms with E-state index in [0.717, 1.165) is 24.9 Å².